The van der Waals surface area contributed by atoms with Gasteiger partial charge in [-0.3, -0.25) is 8.97 Å². The molecule has 0 saturated heterocycles. The van der Waals surface area contributed by atoms with Crippen molar-refractivity contribution in [2.45, 2.75) is 26.9 Å². The maximum atomic E-state index is 13.2. The summed E-state index contributed by atoms with van der Waals surface area (Å²) in [7, 11) is 0. The van der Waals surface area contributed by atoms with Crippen LogP contribution in [-0.2, 0) is 6.18 Å². The predicted molar refractivity (Wildman–Crippen MR) is 85.7 cm³/mol. The van der Waals surface area contributed by atoms with Crippen molar-refractivity contribution >= 4 is 23.3 Å². The number of hydrogen-bond donors (Lipinski definition) is 1. The van der Waals surface area contributed by atoms with E-state index < -0.39 is 23.5 Å². The third kappa shape index (κ3) is 2.66. The fourth-order valence-electron chi connectivity index (χ4n) is 3.09. The molecule has 0 radical (unpaired) electrons. The Morgan fingerprint density at radius 1 is 1.20 bits per heavy atom. The second-order valence-corrected chi connectivity index (χ2v) is 6.20. The van der Waals surface area contributed by atoms with Gasteiger partial charge in [-0.1, -0.05) is 29.3 Å². The molecule has 0 aliphatic heterocycles. The lowest BCUT2D eigenvalue weighted by Crippen LogP contribution is -2.13. The Hall–Kier alpha value is -2.48. The normalized spacial score (nSPS) is 12.1. The average molecular weight is 372 g/mol. The fourth-order valence-corrected chi connectivity index (χ4v) is 3.35. The number of halogens is 4. The number of imidazole rings is 2. The fraction of sp³-hybridized carbons (Fsp3) is 0.250. The van der Waals surface area contributed by atoms with E-state index >= 15 is 0 Å². The number of aromatic nitrogens is 3. The van der Waals surface area contributed by atoms with E-state index in [9.17, 15) is 23.1 Å². The molecule has 0 saturated carbocycles. The monoisotopic (exact) mass is 371 g/mol. The molecule has 0 spiro atoms. The van der Waals surface area contributed by atoms with E-state index in [0.29, 0.717) is 5.69 Å². The van der Waals surface area contributed by atoms with Gasteiger partial charge in [0.05, 0.1) is 5.69 Å². The lowest BCUT2D eigenvalue weighted by Gasteiger charge is -2.13. The van der Waals surface area contributed by atoms with Crippen LogP contribution in [0.1, 0.15) is 32.9 Å². The first-order valence-corrected chi connectivity index (χ1v) is 7.58. The standard InChI is InChI=1S/C16H13ClF3N3O2/c1-7-4-8(2)11(9(3)5-7)23-10(17)6-22-12(14(24)25)13(16(18,19)20)21-15(22)23/h4-6H,1-3H3,(H,24,25). The highest BCUT2D eigenvalue weighted by Gasteiger charge is 2.41. The largest absolute Gasteiger partial charge is 0.476 e. The molecule has 0 aliphatic rings. The summed E-state index contributed by atoms with van der Waals surface area (Å²) in [5, 5.41) is 9.28. The molecule has 0 unspecified atom stereocenters. The number of hydrogen-bond acceptors (Lipinski definition) is 2. The van der Waals surface area contributed by atoms with Gasteiger partial charge in [-0.2, -0.15) is 13.2 Å². The summed E-state index contributed by atoms with van der Waals surface area (Å²) in [5.74, 6) is -1.93. The summed E-state index contributed by atoms with van der Waals surface area (Å²) in [6, 6.07) is 3.72. The van der Waals surface area contributed by atoms with E-state index in [1.165, 1.54) is 4.57 Å². The molecule has 132 valence electrons. The first kappa shape index (κ1) is 17.3. The Morgan fingerprint density at radius 2 is 1.76 bits per heavy atom. The van der Waals surface area contributed by atoms with E-state index in [0.717, 1.165) is 27.3 Å². The quantitative estimate of drug-likeness (QED) is 0.725. The van der Waals surface area contributed by atoms with E-state index in [4.69, 9.17) is 11.6 Å². The number of benzene rings is 1. The molecule has 3 rings (SSSR count). The van der Waals surface area contributed by atoms with Crippen LogP contribution in [0.15, 0.2) is 18.3 Å². The molecule has 0 amide bonds. The molecule has 9 heteroatoms. The SMILES string of the molecule is Cc1cc(C)c(-n2c(Cl)cn3c(C(=O)O)c(C(F)(F)F)nc23)c(C)c1. The van der Waals surface area contributed by atoms with Crippen LogP contribution < -0.4 is 0 Å². The van der Waals surface area contributed by atoms with Crippen molar-refractivity contribution in [1.82, 2.24) is 14.0 Å². The molecule has 3 aromatic rings. The van der Waals surface area contributed by atoms with Crippen LogP contribution in [0.25, 0.3) is 11.5 Å². The van der Waals surface area contributed by atoms with Gasteiger partial charge in [0.15, 0.2) is 11.4 Å². The third-order valence-electron chi connectivity index (χ3n) is 3.87. The molecular weight excluding hydrogens is 359 g/mol. The number of fused-ring (bicyclic) bond motifs is 1. The molecule has 0 aliphatic carbocycles. The maximum absolute atomic E-state index is 13.2. The molecule has 1 N–H and O–H groups in total. The minimum Gasteiger partial charge on any atom is -0.476 e. The number of aromatic carboxylic acids is 1. The number of aryl methyl sites for hydroxylation is 3. The summed E-state index contributed by atoms with van der Waals surface area (Å²) in [6.45, 7) is 5.50. The highest BCUT2D eigenvalue weighted by Crippen LogP contribution is 2.35. The number of nitrogens with zero attached hydrogens (tertiary/aromatic N) is 3. The van der Waals surface area contributed by atoms with Crippen molar-refractivity contribution in [3.63, 3.8) is 0 Å². The number of carboxylic acids is 1. The number of carbonyl (C=O) groups is 1. The molecule has 1 aromatic carbocycles. The van der Waals surface area contributed by atoms with Crippen molar-refractivity contribution in [2.75, 3.05) is 0 Å². The Kier molecular flexibility index (Phi) is 3.83. The van der Waals surface area contributed by atoms with Crippen LogP contribution in [0.3, 0.4) is 0 Å². The minimum absolute atomic E-state index is 0.0637. The van der Waals surface area contributed by atoms with E-state index in [-0.39, 0.29) is 10.9 Å². The van der Waals surface area contributed by atoms with E-state index in [1.807, 2.05) is 19.1 Å². The summed E-state index contributed by atoms with van der Waals surface area (Å²) < 4.78 is 41.7. The van der Waals surface area contributed by atoms with Crippen molar-refractivity contribution in [2.24, 2.45) is 0 Å². The summed E-state index contributed by atoms with van der Waals surface area (Å²) in [4.78, 5) is 14.9. The summed E-state index contributed by atoms with van der Waals surface area (Å²) in [5.41, 5.74) is 0.704. The van der Waals surface area contributed by atoms with Crippen molar-refractivity contribution in [3.8, 4) is 5.69 Å². The predicted octanol–water partition coefficient (Wildman–Crippen LogP) is 4.42. The minimum atomic E-state index is -4.89. The highest BCUT2D eigenvalue weighted by atomic mass is 35.5. The second kappa shape index (κ2) is 5.52. The van der Waals surface area contributed by atoms with Gasteiger partial charge in [0.25, 0.3) is 0 Å². The Morgan fingerprint density at radius 3 is 2.24 bits per heavy atom. The maximum Gasteiger partial charge on any atom is 0.435 e. The number of alkyl halides is 3. The molecule has 0 bridgehead atoms. The van der Waals surface area contributed by atoms with E-state index in [1.54, 1.807) is 13.8 Å². The highest BCUT2D eigenvalue weighted by molar-refractivity contribution is 6.30. The lowest BCUT2D eigenvalue weighted by molar-refractivity contribution is -0.141. The lowest BCUT2D eigenvalue weighted by atomic mass is 10.1. The number of rotatable bonds is 2. The van der Waals surface area contributed by atoms with Gasteiger partial charge in [0, 0.05) is 6.20 Å². The first-order chi connectivity index (χ1) is 11.5. The summed E-state index contributed by atoms with van der Waals surface area (Å²) in [6.07, 6.45) is -3.77. The zero-order valence-electron chi connectivity index (χ0n) is 13.4. The van der Waals surface area contributed by atoms with Gasteiger partial charge < -0.3 is 5.11 Å². The molecule has 0 fully saturated rings. The molecule has 0 atom stereocenters. The van der Waals surface area contributed by atoms with Crippen LogP contribution in [0.4, 0.5) is 13.2 Å². The molecule has 25 heavy (non-hydrogen) atoms. The van der Waals surface area contributed by atoms with Crippen molar-refractivity contribution in [1.29, 1.82) is 0 Å². The van der Waals surface area contributed by atoms with Crippen molar-refractivity contribution in [3.05, 3.63) is 51.6 Å². The van der Waals surface area contributed by atoms with Crippen LogP contribution in [0.2, 0.25) is 5.15 Å². The van der Waals surface area contributed by atoms with Crippen LogP contribution in [-0.4, -0.2) is 25.0 Å². The molecule has 2 aromatic heterocycles. The zero-order valence-corrected chi connectivity index (χ0v) is 14.2. The second-order valence-electron chi connectivity index (χ2n) is 5.82. The average Bonchev–Trinajstić information content (AvgIpc) is 2.94. The van der Waals surface area contributed by atoms with Crippen LogP contribution >= 0.6 is 11.6 Å². The Bertz CT molecular complexity index is 995. The van der Waals surface area contributed by atoms with Gasteiger partial charge in [-0.15, -0.1) is 0 Å². The first-order valence-electron chi connectivity index (χ1n) is 7.20. The van der Waals surface area contributed by atoms with Crippen molar-refractivity contribution < 1.29 is 23.1 Å². The Balaban J connectivity index is 2.43. The molecular formula is C16H13ClF3N3O2. The topological polar surface area (TPSA) is 59.5 Å². The van der Waals surface area contributed by atoms with Crippen LogP contribution in [0, 0.1) is 20.8 Å². The van der Waals surface area contributed by atoms with Gasteiger partial charge in [-0.05, 0) is 31.9 Å². The zero-order chi connectivity index (χ0) is 18.7. The van der Waals surface area contributed by atoms with Crippen LogP contribution in [0.5, 0.6) is 0 Å². The van der Waals surface area contributed by atoms with Gasteiger partial charge >= 0.3 is 12.1 Å². The van der Waals surface area contributed by atoms with Gasteiger partial charge in [0.1, 0.15) is 5.15 Å². The van der Waals surface area contributed by atoms with Gasteiger partial charge in [-0.25, -0.2) is 9.78 Å². The van der Waals surface area contributed by atoms with E-state index in [2.05, 4.69) is 4.98 Å². The van der Waals surface area contributed by atoms with Gasteiger partial charge in [0.2, 0.25) is 5.78 Å². The smallest absolute Gasteiger partial charge is 0.435 e. The third-order valence-corrected chi connectivity index (χ3v) is 4.14. The molecule has 2 heterocycles. The Labute approximate surface area is 145 Å². The number of carboxylic acid groups (broad SMARTS) is 1. The molecule has 5 nitrogen and oxygen atoms in total. The summed E-state index contributed by atoms with van der Waals surface area (Å²) >= 11 is 6.20.